The third-order valence-corrected chi connectivity index (χ3v) is 16.9. The highest BCUT2D eigenvalue weighted by Gasteiger charge is 2.70. The largest absolute Gasteiger partial charge is 0.461 e. The molecule has 5 N–H and O–H groups in total. The van der Waals surface area contributed by atoms with Crippen LogP contribution in [0.25, 0.3) is 0 Å². The molecule has 2 aliphatic heterocycles. The topological polar surface area (TPSA) is 158 Å². The van der Waals surface area contributed by atoms with E-state index >= 15 is 0 Å². The van der Waals surface area contributed by atoms with Crippen LogP contribution in [0.1, 0.15) is 113 Å². The Morgan fingerprint density at radius 3 is 2.26 bits per heavy atom. The van der Waals surface area contributed by atoms with Crippen LogP contribution in [-0.2, 0) is 23.8 Å². The molecule has 0 aromatic heterocycles. The zero-order chi connectivity index (χ0) is 38.4. The Hall–Kier alpha value is -1.60. The van der Waals surface area contributed by atoms with Gasteiger partial charge < -0.3 is 40.0 Å². The molecule has 300 valence electrons. The Morgan fingerprint density at radius 2 is 1.57 bits per heavy atom. The summed E-state index contributed by atoms with van der Waals surface area (Å²) in [6.45, 7) is 20.1. The molecule has 6 fully saturated rings. The van der Waals surface area contributed by atoms with E-state index in [-0.39, 0.29) is 45.1 Å². The summed E-state index contributed by atoms with van der Waals surface area (Å²) in [4.78, 5) is 30.0. The monoisotopic (exact) mass is 744 g/mol. The molecule has 5 aliphatic carbocycles. The average Bonchev–Trinajstić information content (AvgIpc) is 3.10. The summed E-state index contributed by atoms with van der Waals surface area (Å²) in [6.07, 6.45) is 3.95. The average molecular weight is 745 g/mol. The van der Waals surface area contributed by atoms with E-state index in [1.165, 1.54) is 5.57 Å². The predicted molar refractivity (Wildman–Crippen MR) is 198 cm³/mol. The van der Waals surface area contributed by atoms with E-state index in [9.17, 15) is 30.0 Å². The van der Waals surface area contributed by atoms with Crippen LogP contribution in [0.3, 0.4) is 0 Å². The van der Waals surface area contributed by atoms with Gasteiger partial charge in [0.2, 0.25) is 6.29 Å². The van der Waals surface area contributed by atoms with Crippen LogP contribution >= 0.6 is 0 Å². The minimum atomic E-state index is -1.62. The lowest BCUT2D eigenvalue weighted by Gasteiger charge is -2.71. The van der Waals surface area contributed by atoms with Crippen LogP contribution < -0.4 is 5.32 Å². The maximum Gasteiger partial charge on any atom is 0.320 e. The highest BCUT2D eigenvalue weighted by molar-refractivity contribution is 5.79. The third-order valence-electron chi connectivity index (χ3n) is 16.9. The Labute approximate surface area is 316 Å². The van der Waals surface area contributed by atoms with Crippen molar-refractivity contribution in [3.05, 3.63) is 11.6 Å². The van der Waals surface area contributed by atoms with Crippen LogP contribution in [0.15, 0.2) is 11.6 Å². The summed E-state index contributed by atoms with van der Waals surface area (Å²) in [5, 5.41) is 44.7. The number of carbonyl (C=O) groups is 2. The van der Waals surface area contributed by atoms with Crippen LogP contribution in [0.5, 0.6) is 0 Å². The summed E-state index contributed by atoms with van der Waals surface area (Å²) in [5.41, 5.74) is 0.442. The maximum atomic E-state index is 14.5. The zero-order valence-corrected chi connectivity index (χ0v) is 33.4. The number of aliphatic hydroxyl groups excluding tert-OH is 4. The minimum absolute atomic E-state index is 0.0130. The number of nitrogens with zero attached hydrogens (tertiary/aromatic N) is 1. The molecule has 0 amide bonds. The first kappa shape index (κ1) is 39.6. The zero-order valence-electron chi connectivity index (χ0n) is 33.4. The molecule has 4 saturated carbocycles. The second-order valence-electron chi connectivity index (χ2n) is 20.3. The second-order valence-corrected chi connectivity index (χ2v) is 20.3. The number of rotatable bonds is 6. The molecular formula is C42H68N2O9. The molecule has 2 heterocycles. The number of aliphatic hydroxyl groups is 4. The van der Waals surface area contributed by atoms with E-state index in [0.29, 0.717) is 31.2 Å². The van der Waals surface area contributed by atoms with Crippen LogP contribution in [0.2, 0.25) is 0 Å². The van der Waals surface area contributed by atoms with Gasteiger partial charge in [-0.15, -0.1) is 0 Å². The lowest BCUT2D eigenvalue weighted by atomic mass is 9.33. The molecule has 13 atom stereocenters. The fraction of sp³-hybridized carbons (Fsp3) is 0.905. The maximum absolute atomic E-state index is 14.5. The third kappa shape index (κ3) is 6.25. The number of fused-ring (bicyclic) bond motifs is 7. The Balaban J connectivity index is 1.14. The van der Waals surface area contributed by atoms with Gasteiger partial charge in [0.05, 0.1) is 18.6 Å². The molecule has 0 bridgehead atoms. The SMILES string of the molecule is CC1(C)CC[C@]2(C(=O)O[C@@H]3O[C@H](CO)[C@H](O)[C@H](O)[C@H]3O)CC[C@]3(C)C(=CC[C@@H]4[C@@]5(C)CC[C@H](OC(=O)CN6CCNCC6)C(C)(C)[C@@H]5CC[C@]43C)[C@@H]2C1. The van der Waals surface area contributed by atoms with E-state index in [4.69, 9.17) is 14.2 Å². The molecule has 0 spiro atoms. The fourth-order valence-corrected chi connectivity index (χ4v) is 13.4. The summed E-state index contributed by atoms with van der Waals surface area (Å²) in [6, 6.07) is 0. The first-order valence-corrected chi connectivity index (χ1v) is 20.7. The van der Waals surface area contributed by atoms with Gasteiger partial charge in [0.15, 0.2) is 0 Å². The molecule has 7 rings (SSSR count). The first-order valence-electron chi connectivity index (χ1n) is 20.7. The summed E-state index contributed by atoms with van der Waals surface area (Å²) >= 11 is 0. The predicted octanol–water partition coefficient (Wildman–Crippen LogP) is 3.95. The number of hydrogen-bond acceptors (Lipinski definition) is 11. The molecule has 0 unspecified atom stereocenters. The highest BCUT2D eigenvalue weighted by atomic mass is 16.7. The van der Waals surface area contributed by atoms with E-state index in [0.717, 1.165) is 77.5 Å². The molecule has 0 radical (unpaired) electrons. The number of esters is 2. The van der Waals surface area contributed by atoms with Crippen molar-refractivity contribution in [3.8, 4) is 0 Å². The van der Waals surface area contributed by atoms with Gasteiger partial charge in [-0.3, -0.25) is 14.5 Å². The van der Waals surface area contributed by atoms with Gasteiger partial charge in [0, 0.05) is 31.6 Å². The van der Waals surface area contributed by atoms with Gasteiger partial charge >= 0.3 is 11.9 Å². The van der Waals surface area contributed by atoms with Crippen LogP contribution in [0.4, 0.5) is 0 Å². The lowest BCUT2D eigenvalue weighted by molar-refractivity contribution is -0.297. The van der Waals surface area contributed by atoms with Crippen molar-refractivity contribution in [2.75, 3.05) is 39.3 Å². The molecule has 11 heteroatoms. The number of hydrogen-bond donors (Lipinski definition) is 5. The minimum Gasteiger partial charge on any atom is -0.461 e. The standard InChI is InChI=1S/C42H68N2O9/c1-37(2)14-16-42(36(50)53-35-34(49)33(48)32(47)27(24-45)51-35)17-15-40(6)25(26(42)22-37)8-9-29-39(5)12-11-30(38(3,4)28(39)10-13-41(29,40)7)52-31(46)23-44-20-18-43-19-21-44/h8,26-30,32-35,43,45,47-49H,9-24H2,1-7H3/t26-,27+,28-,29+,30-,32-,33-,34+,35-,39-,40+,41+,42-/m0/s1. The molecule has 7 aliphatic rings. The molecule has 53 heavy (non-hydrogen) atoms. The lowest BCUT2D eigenvalue weighted by Crippen LogP contribution is -2.65. The molecule has 0 aromatic carbocycles. The second kappa shape index (κ2) is 13.8. The van der Waals surface area contributed by atoms with Crippen molar-refractivity contribution in [2.24, 2.45) is 50.2 Å². The molecular weight excluding hydrogens is 676 g/mol. The number of allylic oxidation sites excluding steroid dienone is 2. The van der Waals surface area contributed by atoms with Crippen molar-refractivity contribution in [3.63, 3.8) is 0 Å². The fourth-order valence-electron chi connectivity index (χ4n) is 13.4. The van der Waals surface area contributed by atoms with Gasteiger partial charge in [0.25, 0.3) is 0 Å². The number of ether oxygens (including phenoxy) is 3. The van der Waals surface area contributed by atoms with Gasteiger partial charge in [0.1, 0.15) is 30.5 Å². The Kier molecular flexibility index (Phi) is 10.3. The first-order chi connectivity index (χ1) is 24.8. The van der Waals surface area contributed by atoms with E-state index < -0.39 is 48.7 Å². The summed E-state index contributed by atoms with van der Waals surface area (Å²) in [7, 11) is 0. The van der Waals surface area contributed by atoms with Gasteiger partial charge in [-0.1, -0.05) is 60.1 Å². The van der Waals surface area contributed by atoms with E-state index in [1.807, 2.05) is 0 Å². The molecule has 11 nitrogen and oxygen atoms in total. The summed E-state index contributed by atoms with van der Waals surface area (Å²) < 4.78 is 18.0. The van der Waals surface area contributed by atoms with Crippen LogP contribution in [-0.4, -0.2) is 113 Å². The quantitative estimate of drug-likeness (QED) is 0.198. The van der Waals surface area contributed by atoms with Crippen molar-refractivity contribution < 1.29 is 44.2 Å². The van der Waals surface area contributed by atoms with Gasteiger partial charge in [-0.25, -0.2) is 0 Å². The van der Waals surface area contributed by atoms with Crippen molar-refractivity contribution >= 4 is 11.9 Å². The smallest absolute Gasteiger partial charge is 0.320 e. The van der Waals surface area contributed by atoms with E-state index in [1.54, 1.807) is 0 Å². The Bertz CT molecular complexity index is 1440. The van der Waals surface area contributed by atoms with Crippen LogP contribution in [0, 0.1) is 50.2 Å². The van der Waals surface area contributed by atoms with E-state index in [2.05, 4.69) is 64.8 Å². The highest BCUT2D eigenvalue weighted by Crippen LogP contribution is 2.76. The number of carbonyl (C=O) groups excluding carboxylic acids is 2. The number of piperazine rings is 1. The molecule has 2 saturated heterocycles. The summed E-state index contributed by atoms with van der Waals surface area (Å²) in [5.74, 6) is 0.317. The normalized spacial score (nSPS) is 47.8. The van der Waals surface area contributed by atoms with Crippen molar-refractivity contribution in [1.82, 2.24) is 10.2 Å². The van der Waals surface area contributed by atoms with Crippen molar-refractivity contribution in [2.45, 2.75) is 149 Å². The van der Waals surface area contributed by atoms with Gasteiger partial charge in [-0.2, -0.15) is 0 Å². The Morgan fingerprint density at radius 1 is 0.868 bits per heavy atom. The molecule has 0 aromatic rings. The van der Waals surface area contributed by atoms with Crippen molar-refractivity contribution in [1.29, 1.82) is 0 Å². The van der Waals surface area contributed by atoms with Gasteiger partial charge in [-0.05, 0) is 104 Å². The number of nitrogens with one attached hydrogen (secondary N) is 1.